The van der Waals surface area contributed by atoms with Crippen LogP contribution in [-0.2, 0) is 16.1 Å². The van der Waals surface area contributed by atoms with Gasteiger partial charge in [-0.05, 0) is 23.6 Å². The molecule has 0 aliphatic heterocycles. The van der Waals surface area contributed by atoms with Crippen molar-refractivity contribution in [2.75, 3.05) is 27.8 Å². The number of rotatable bonds is 8. The lowest BCUT2D eigenvalue weighted by Gasteiger charge is -2.19. The topological polar surface area (TPSA) is 57.2 Å². The molecule has 0 radical (unpaired) electrons. The van der Waals surface area contributed by atoms with Gasteiger partial charge < -0.3 is 24.1 Å². The molecule has 0 aliphatic carbocycles. The highest BCUT2D eigenvalue weighted by Gasteiger charge is 2.16. The van der Waals surface area contributed by atoms with E-state index < -0.39 is 0 Å². The molecule has 0 aromatic heterocycles. The summed E-state index contributed by atoms with van der Waals surface area (Å²) in [5.41, 5.74) is 1.66. The molecule has 0 heterocycles. The summed E-state index contributed by atoms with van der Waals surface area (Å²) in [6, 6.07) is 3.60. The number of ether oxygens (including phenoxy) is 4. The summed E-state index contributed by atoms with van der Waals surface area (Å²) in [4.78, 5) is 0. The van der Waals surface area contributed by atoms with Gasteiger partial charge in [-0.2, -0.15) is 0 Å². The maximum Gasteiger partial charge on any atom is 0.188 e. The zero-order chi connectivity index (χ0) is 14.3. The molecule has 0 amide bonds. The molecule has 1 aromatic rings. The Hall–Kier alpha value is -1.30. The van der Waals surface area contributed by atoms with Crippen molar-refractivity contribution < 1.29 is 24.1 Å². The number of benzene rings is 1. The fourth-order valence-corrected chi connectivity index (χ4v) is 1.80. The van der Waals surface area contributed by atoms with E-state index in [4.69, 9.17) is 18.9 Å². The lowest BCUT2D eigenvalue weighted by atomic mass is 9.99. The standard InChI is InChI=1S/C14H22O5/c1-10(2)14-12(18-8-16-3)5-11(7-15)6-13(14)19-9-17-4/h5-6,10,15H,7-9H2,1-4H3. The lowest BCUT2D eigenvalue weighted by molar-refractivity contribution is 0.0441. The van der Waals surface area contributed by atoms with Crippen LogP contribution in [0.3, 0.4) is 0 Å². The van der Waals surface area contributed by atoms with E-state index >= 15 is 0 Å². The minimum Gasteiger partial charge on any atom is -0.467 e. The number of hydrogen-bond acceptors (Lipinski definition) is 5. The van der Waals surface area contributed by atoms with Crippen LogP contribution >= 0.6 is 0 Å². The van der Waals surface area contributed by atoms with Gasteiger partial charge >= 0.3 is 0 Å². The van der Waals surface area contributed by atoms with E-state index in [1.165, 1.54) is 0 Å². The molecule has 1 rings (SSSR count). The van der Waals surface area contributed by atoms with Crippen LogP contribution in [0.15, 0.2) is 12.1 Å². The smallest absolute Gasteiger partial charge is 0.188 e. The van der Waals surface area contributed by atoms with Crippen LogP contribution in [0, 0.1) is 0 Å². The van der Waals surface area contributed by atoms with E-state index in [1.54, 1.807) is 26.4 Å². The fraction of sp³-hybridized carbons (Fsp3) is 0.571. The lowest BCUT2D eigenvalue weighted by Crippen LogP contribution is -2.08. The first-order chi connectivity index (χ1) is 9.13. The minimum atomic E-state index is -0.0783. The number of hydrogen-bond donors (Lipinski definition) is 1. The van der Waals surface area contributed by atoms with Gasteiger partial charge in [-0.3, -0.25) is 0 Å². The zero-order valence-electron chi connectivity index (χ0n) is 11.9. The summed E-state index contributed by atoms with van der Waals surface area (Å²) < 4.78 is 21.0. The number of aliphatic hydroxyl groups is 1. The summed E-state index contributed by atoms with van der Waals surface area (Å²) in [5.74, 6) is 1.54. The Bertz CT molecular complexity index is 360. The van der Waals surface area contributed by atoms with E-state index in [-0.39, 0.29) is 26.1 Å². The molecule has 108 valence electrons. The van der Waals surface area contributed by atoms with Crippen LogP contribution in [0.5, 0.6) is 11.5 Å². The summed E-state index contributed by atoms with van der Waals surface area (Å²) in [6.07, 6.45) is 0. The van der Waals surface area contributed by atoms with Gasteiger partial charge in [0.05, 0.1) is 6.61 Å². The van der Waals surface area contributed by atoms with Crippen molar-refractivity contribution in [2.45, 2.75) is 26.4 Å². The SMILES string of the molecule is COCOc1cc(CO)cc(OCOC)c1C(C)C. The van der Waals surface area contributed by atoms with Gasteiger partial charge in [0.15, 0.2) is 13.6 Å². The molecule has 1 N–H and O–H groups in total. The third-order valence-corrected chi connectivity index (χ3v) is 2.59. The van der Waals surface area contributed by atoms with E-state index in [0.717, 1.165) is 11.1 Å². The van der Waals surface area contributed by atoms with E-state index in [0.29, 0.717) is 11.5 Å². The van der Waals surface area contributed by atoms with Gasteiger partial charge in [0.1, 0.15) is 11.5 Å². The second-order valence-corrected chi connectivity index (χ2v) is 4.42. The highest BCUT2D eigenvalue weighted by atomic mass is 16.7. The van der Waals surface area contributed by atoms with Crippen molar-refractivity contribution >= 4 is 0 Å². The van der Waals surface area contributed by atoms with Gasteiger partial charge in [0, 0.05) is 19.8 Å². The van der Waals surface area contributed by atoms with Crippen LogP contribution in [0.1, 0.15) is 30.9 Å². The van der Waals surface area contributed by atoms with Crippen LogP contribution in [0.2, 0.25) is 0 Å². The van der Waals surface area contributed by atoms with Crippen molar-refractivity contribution in [3.63, 3.8) is 0 Å². The van der Waals surface area contributed by atoms with Crippen LogP contribution in [0.25, 0.3) is 0 Å². The predicted octanol–water partition coefficient (Wildman–Crippen LogP) is 2.27. The predicted molar refractivity (Wildman–Crippen MR) is 71.5 cm³/mol. The molecule has 0 spiro atoms. The Kier molecular flexibility index (Phi) is 6.62. The molecular formula is C14H22O5. The highest BCUT2D eigenvalue weighted by Crippen LogP contribution is 2.36. The van der Waals surface area contributed by atoms with Crippen molar-refractivity contribution in [3.05, 3.63) is 23.3 Å². The van der Waals surface area contributed by atoms with Gasteiger partial charge in [-0.1, -0.05) is 13.8 Å². The largest absolute Gasteiger partial charge is 0.467 e. The summed E-state index contributed by atoms with van der Waals surface area (Å²) >= 11 is 0. The highest BCUT2D eigenvalue weighted by molar-refractivity contribution is 5.49. The Morgan fingerprint density at radius 2 is 1.47 bits per heavy atom. The van der Waals surface area contributed by atoms with Crippen molar-refractivity contribution in [3.8, 4) is 11.5 Å². The average Bonchev–Trinajstić information content (AvgIpc) is 2.41. The minimum absolute atomic E-state index is 0.0783. The van der Waals surface area contributed by atoms with Gasteiger partial charge in [0.2, 0.25) is 0 Å². The monoisotopic (exact) mass is 270 g/mol. The molecule has 0 bridgehead atoms. The Morgan fingerprint density at radius 3 is 1.79 bits per heavy atom. The average molecular weight is 270 g/mol. The van der Waals surface area contributed by atoms with Crippen molar-refractivity contribution in [2.24, 2.45) is 0 Å². The van der Waals surface area contributed by atoms with E-state index in [2.05, 4.69) is 0 Å². The molecule has 1 aromatic carbocycles. The van der Waals surface area contributed by atoms with Gasteiger partial charge in [-0.25, -0.2) is 0 Å². The summed E-state index contributed by atoms with van der Waals surface area (Å²) in [5, 5.41) is 9.29. The second kappa shape index (κ2) is 7.99. The molecule has 0 unspecified atom stereocenters. The van der Waals surface area contributed by atoms with Crippen LogP contribution < -0.4 is 9.47 Å². The second-order valence-electron chi connectivity index (χ2n) is 4.42. The van der Waals surface area contributed by atoms with Gasteiger partial charge in [-0.15, -0.1) is 0 Å². The number of methoxy groups -OCH3 is 2. The first-order valence-corrected chi connectivity index (χ1v) is 6.15. The molecule has 5 nitrogen and oxygen atoms in total. The van der Waals surface area contributed by atoms with Crippen molar-refractivity contribution in [1.29, 1.82) is 0 Å². The molecule has 0 saturated carbocycles. The molecule has 0 aliphatic rings. The molecule has 0 fully saturated rings. The van der Waals surface area contributed by atoms with Gasteiger partial charge in [0.25, 0.3) is 0 Å². The molecular weight excluding hydrogens is 248 g/mol. The first kappa shape index (κ1) is 15.8. The Labute approximate surface area is 114 Å². The van der Waals surface area contributed by atoms with Crippen LogP contribution in [-0.4, -0.2) is 32.9 Å². The normalized spacial score (nSPS) is 10.8. The quantitative estimate of drug-likeness (QED) is 0.734. The zero-order valence-corrected chi connectivity index (χ0v) is 11.9. The van der Waals surface area contributed by atoms with E-state index in [9.17, 15) is 5.11 Å². The first-order valence-electron chi connectivity index (χ1n) is 6.15. The fourth-order valence-electron chi connectivity index (χ4n) is 1.80. The summed E-state index contributed by atoms with van der Waals surface area (Å²) in [7, 11) is 3.13. The Balaban J connectivity index is 3.16. The molecule has 5 heteroatoms. The molecule has 0 saturated heterocycles. The van der Waals surface area contributed by atoms with E-state index in [1.807, 2.05) is 13.8 Å². The maximum atomic E-state index is 9.29. The number of aliphatic hydroxyl groups excluding tert-OH is 1. The molecule has 19 heavy (non-hydrogen) atoms. The Morgan fingerprint density at radius 1 is 1.00 bits per heavy atom. The maximum absolute atomic E-state index is 9.29. The third kappa shape index (κ3) is 4.38. The third-order valence-electron chi connectivity index (χ3n) is 2.59. The molecule has 0 atom stereocenters. The van der Waals surface area contributed by atoms with Crippen molar-refractivity contribution in [1.82, 2.24) is 0 Å². The van der Waals surface area contributed by atoms with Crippen LogP contribution in [0.4, 0.5) is 0 Å². The summed E-state index contributed by atoms with van der Waals surface area (Å²) in [6.45, 7) is 4.32.